The minimum Gasteiger partial charge on any atom is -0.378 e. The van der Waals surface area contributed by atoms with Crippen LogP contribution in [0.5, 0.6) is 0 Å². The molecule has 186 valence electrons. The zero-order valence-electron chi connectivity index (χ0n) is 19.0. The maximum atomic E-state index is 13.2. The van der Waals surface area contributed by atoms with Crippen molar-refractivity contribution < 1.29 is 17.9 Å². The van der Waals surface area contributed by atoms with Crippen LogP contribution in [0, 0.1) is 0 Å². The van der Waals surface area contributed by atoms with E-state index in [1.54, 1.807) is 4.57 Å². The maximum Gasteiger partial charge on any atom is 0.417 e. The fraction of sp³-hybridized carbons (Fsp3) is 0.696. The van der Waals surface area contributed by atoms with E-state index in [9.17, 15) is 18.0 Å². The number of rotatable bonds is 5. The SMILES string of the molecule is CCCO[C@H]1CC[C@](C)(N2CCC(n3c(=O)[nH]c4cc(C(F)(F)F)c(Br)cc43)CC2)CC1.Cl. The second-order valence-corrected chi connectivity index (χ2v) is 10.3. The van der Waals surface area contributed by atoms with Gasteiger partial charge in [-0.1, -0.05) is 22.9 Å². The fourth-order valence-electron chi connectivity index (χ4n) is 5.37. The second-order valence-electron chi connectivity index (χ2n) is 9.43. The summed E-state index contributed by atoms with van der Waals surface area (Å²) in [5.41, 5.74) is -0.227. The van der Waals surface area contributed by atoms with Gasteiger partial charge in [0.05, 0.1) is 22.7 Å². The number of aromatic amines is 1. The summed E-state index contributed by atoms with van der Waals surface area (Å²) in [4.78, 5) is 17.8. The Labute approximate surface area is 206 Å². The van der Waals surface area contributed by atoms with Crippen LogP contribution in [0.3, 0.4) is 0 Å². The van der Waals surface area contributed by atoms with E-state index in [4.69, 9.17) is 4.74 Å². The molecule has 0 atom stereocenters. The highest BCUT2D eigenvalue weighted by Gasteiger charge is 2.39. The standard InChI is InChI=1S/C23H31BrF3N3O2.ClH/c1-3-12-32-16-4-8-22(2,9-5-16)29-10-6-15(7-11-29)30-20-14-18(24)17(23(25,26)27)13-19(20)28-21(30)31;/h13-16H,3-12H2,1-2H3,(H,28,31);1H/t16-,22-;. The van der Waals surface area contributed by atoms with Gasteiger partial charge in [-0.25, -0.2) is 4.79 Å². The molecular weight excluding hydrogens is 523 g/mol. The fourth-order valence-corrected chi connectivity index (χ4v) is 5.93. The summed E-state index contributed by atoms with van der Waals surface area (Å²) in [6, 6.07) is 2.41. The monoisotopic (exact) mass is 553 g/mol. The molecule has 0 spiro atoms. The molecule has 1 saturated heterocycles. The van der Waals surface area contributed by atoms with Crippen molar-refractivity contribution in [2.45, 2.75) is 82.7 Å². The molecule has 1 aromatic heterocycles. The van der Waals surface area contributed by atoms with E-state index < -0.39 is 11.7 Å². The highest BCUT2D eigenvalue weighted by atomic mass is 79.9. The van der Waals surface area contributed by atoms with Crippen LogP contribution in [0.15, 0.2) is 21.4 Å². The van der Waals surface area contributed by atoms with Crippen molar-refractivity contribution in [1.29, 1.82) is 0 Å². The van der Waals surface area contributed by atoms with E-state index in [1.807, 2.05) is 0 Å². The van der Waals surface area contributed by atoms with Crippen molar-refractivity contribution in [3.63, 3.8) is 0 Å². The molecule has 2 aromatic rings. The van der Waals surface area contributed by atoms with Gasteiger partial charge in [0.2, 0.25) is 0 Å². The summed E-state index contributed by atoms with van der Waals surface area (Å²) in [5, 5.41) is 0. The third-order valence-corrected chi connectivity index (χ3v) is 7.93. The van der Waals surface area contributed by atoms with Gasteiger partial charge >= 0.3 is 11.9 Å². The molecule has 0 radical (unpaired) electrons. The van der Waals surface area contributed by atoms with E-state index in [1.165, 1.54) is 6.07 Å². The second kappa shape index (κ2) is 10.3. The van der Waals surface area contributed by atoms with E-state index in [0.717, 1.165) is 70.7 Å². The molecule has 1 aliphatic heterocycles. The average Bonchev–Trinajstić information content (AvgIpc) is 3.07. The van der Waals surface area contributed by atoms with E-state index in [0.29, 0.717) is 11.6 Å². The Kier molecular flexibility index (Phi) is 8.29. The van der Waals surface area contributed by atoms with E-state index >= 15 is 0 Å². The molecule has 10 heteroatoms. The molecule has 4 rings (SSSR count). The van der Waals surface area contributed by atoms with Gasteiger partial charge in [0.25, 0.3) is 0 Å². The predicted molar refractivity (Wildman–Crippen MR) is 129 cm³/mol. The van der Waals surface area contributed by atoms with Crippen molar-refractivity contribution >= 4 is 39.4 Å². The number of likely N-dealkylation sites (tertiary alicyclic amines) is 1. The number of piperidine rings is 1. The first kappa shape index (κ1) is 26.6. The lowest BCUT2D eigenvalue weighted by Gasteiger charge is -2.48. The molecule has 33 heavy (non-hydrogen) atoms. The number of hydrogen-bond acceptors (Lipinski definition) is 3. The third-order valence-electron chi connectivity index (χ3n) is 7.27. The Hall–Kier alpha value is -1.03. The number of halogens is 5. The topological polar surface area (TPSA) is 50.3 Å². The van der Waals surface area contributed by atoms with E-state index in [-0.39, 0.29) is 39.7 Å². The molecule has 0 amide bonds. The van der Waals surface area contributed by atoms with Crippen LogP contribution >= 0.6 is 28.3 Å². The number of H-pyrrole nitrogens is 1. The average molecular weight is 555 g/mol. The largest absolute Gasteiger partial charge is 0.417 e. The lowest BCUT2D eigenvalue weighted by atomic mass is 9.79. The zero-order chi connectivity index (χ0) is 23.1. The molecule has 5 nitrogen and oxygen atoms in total. The Morgan fingerprint density at radius 3 is 2.39 bits per heavy atom. The van der Waals surface area contributed by atoms with Gasteiger partial charge in [0, 0.05) is 35.7 Å². The van der Waals surface area contributed by atoms with E-state index in [2.05, 4.69) is 39.7 Å². The molecule has 1 aliphatic carbocycles. The summed E-state index contributed by atoms with van der Waals surface area (Å²) >= 11 is 3.04. The van der Waals surface area contributed by atoms with Crippen LogP contribution in [-0.4, -0.2) is 45.8 Å². The number of hydrogen-bond donors (Lipinski definition) is 1. The summed E-state index contributed by atoms with van der Waals surface area (Å²) in [6.45, 7) is 7.04. The number of nitrogens with one attached hydrogen (secondary N) is 1. The Balaban J connectivity index is 0.00000306. The van der Waals surface area contributed by atoms with Crippen molar-refractivity contribution in [3.05, 3.63) is 32.7 Å². The van der Waals surface area contributed by atoms with Gasteiger partial charge in [-0.05, 0) is 64.0 Å². The first-order valence-electron chi connectivity index (χ1n) is 11.5. The van der Waals surface area contributed by atoms with Crippen molar-refractivity contribution in [3.8, 4) is 0 Å². The number of alkyl halides is 3. The molecule has 1 saturated carbocycles. The smallest absolute Gasteiger partial charge is 0.378 e. The van der Waals surface area contributed by atoms with Gasteiger partial charge in [-0.3, -0.25) is 9.47 Å². The lowest BCUT2D eigenvalue weighted by Crippen LogP contribution is -2.53. The normalized spacial score (nSPS) is 25.3. The molecule has 2 heterocycles. The molecular formula is C23H32BrClF3N3O2. The molecule has 1 aromatic carbocycles. The van der Waals surface area contributed by atoms with Crippen LogP contribution in [0.4, 0.5) is 13.2 Å². The summed E-state index contributed by atoms with van der Waals surface area (Å²) in [5.74, 6) is 0. The molecule has 0 bridgehead atoms. The highest BCUT2D eigenvalue weighted by Crippen LogP contribution is 2.40. The minimum atomic E-state index is -4.48. The number of nitrogens with zero attached hydrogens (tertiary/aromatic N) is 2. The van der Waals surface area contributed by atoms with Crippen LogP contribution in [0.2, 0.25) is 0 Å². The number of imidazole rings is 1. The van der Waals surface area contributed by atoms with Gasteiger partial charge in [-0.15, -0.1) is 12.4 Å². The number of benzene rings is 1. The summed E-state index contributed by atoms with van der Waals surface area (Å²) < 4.78 is 47.3. The van der Waals surface area contributed by atoms with Crippen molar-refractivity contribution in [2.24, 2.45) is 0 Å². The predicted octanol–water partition coefficient (Wildman–Crippen LogP) is 6.30. The van der Waals surface area contributed by atoms with Gasteiger partial charge in [0.15, 0.2) is 0 Å². The van der Waals surface area contributed by atoms with Gasteiger partial charge < -0.3 is 9.72 Å². The zero-order valence-corrected chi connectivity index (χ0v) is 21.4. The Morgan fingerprint density at radius 2 is 1.82 bits per heavy atom. The number of aromatic nitrogens is 2. The highest BCUT2D eigenvalue weighted by molar-refractivity contribution is 9.10. The van der Waals surface area contributed by atoms with Crippen molar-refractivity contribution in [2.75, 3.05) is 19.7 Å². The van der Waals surface area contributed by atoms with Crippen LogP contribution < -0.4 is 5.69 Å². The minimum absolute atomic E-state index is 0. The lowest BCUT2D eigenvalue weighted by molar-refractivity contribution is -0.138. The first-order valence-corrected chi connectivity index (χ1v) is 12.3. The quantitative estimate of drug-likeness (QED) is 0.472. The van der Waals surface area contributed by atoms with Crippen LogP contribution in [-0.2, 0) is 10.9 Å². The van der Waals surface area contributed by atoms with Gasteiger partial charge in [0.1, 0.15) is 0 Å². The molecule has 1 N–H and O–H groups in total. The molecule has 0 unspecified atom stereocenters. The molecule has 2 fully saturated rings. The summed E-state index contributed by atoms with van der Waals surface area (Å²) in [6.07, 6.45) is 2.90. The van der Waals surface area contributed by atoms with Crippen LogP contribution in [0.1, 0.15) is 70.4 Å². The number of ether oxygens (including phenoxy) is 1. The number of fused-ring (bicyclic) bond motifs is 1. The third kappa shape index (κ3) is 5.46. The maximum absolute atomic E-state index is 13.2. The Bertz CT molecular complexity index is 1010. The summed E-state index contributed by atoms with van der Waals surface area (Å²) in [7, 11) is 0. The van der Waals surface area contributed by atoms with Gasteiger partial charge in [-0.2, -0.15) is 13.2 Å². The molecule has 2 aliphatic rings. The Morgan fingerprint density at radius 1 is 1.18 bits per heavy atom. The van der Waals surface area contributed by atoms with Crippen LogP contribution in [0.25, 0.3) is 11.0 Å². The van der Waals surface area contributed by atoms with Crippen molar-refractivity contribution in [1.82, 2.24) is 14.5 Å². The first-order chi connectivity index (χ1) is 15.1.